The lowest BCUT2D eigenvalue weighted by molar-refractivity contribution is 0.140. The summed E-state index contributed by atoms with van der Waals surface area (Å²) in [6.07, 6.45) is 6.76. The second kappa shape index (κ2) is 11.1. The third-order valence-electron chi connectivity index (χ3n) is 4.55. The third kappa shape index (κ3) is 7.85. The normalized spacial score (nSPS) is 15.1. The molecule has 1 N–H and O–H groups in total. The second-order valence-corrected chi connectivity index (χ2v) is 7.26. The van der Waals surface area contributed by atoms with Crippen molar-refractivity contribution < 1.29 is 5.11 Å². The molecule has 25 heavy (non-hydrogen) atoms. The van der Waals surface area contributed by atoms with Gasteiger partial charge in [0, 0.05) is 25.2 Å². The molecule has 2 aromatic rings. The van der Waals surface area contributed by atoms with Gasteiger partial charge in [-0.15, -0.1) is 0 Å². The van der Waals surface area contributed by atoms with Crippen LogP contribution in [-0.2, 0) is 13.1 Å². The molecule has 0 unspecified atom stereocenters. The number of nitrogens with zero attached hydrogens (tertiary/aromatic N) is 1. The molecule has 0 saturated heterocycles. The van der Waals surface area contributed by atoms with Crippen molar-refractivity contribution in [3.05, 3.63) is 71.8 Å². The Morgan fingerprint density at radius 3 is 1.60 bits per heavy atom. The molecular weight excluding hydrogens is 306 g/mol. The standard InChI is InChI=1S/C20H25N.C3H8O/c1-4-10-18(11-5-1)16-21(20-14-8-3-9-15-20)17-19-12-6-2-7-13-19;1-3(2)4/h1-2,4-7,10-13,20H,3,8-9,14-17H2;3-4H,1-2H3. The van der Waals surface area contributed by atoms with E-state index < -0.39 is 0 Å². The van der Waals surface area contributed by atoms with Gasteiger partial charge in [-0.2, -0.15) is 0 Å². The summed E-state index contributed by atoms with van der Waals surface area (Å²) >= 11 is 0. The average molecular weight is 340 g/mol. The van der Waals surface area contributed by atoms with E-state index in [1.165, 1.54) is 43.2 Å². The van der Waals surface area contributed by atoms with Crippen LogP contribution in [0.3, 0.4) is 0 Å². The molecule has 1 aliphatic carbocycles. The van der Waals surface area contributed by atoms with E-state index >= 15 is 0 Å². The maximum Gasteiger partial charge on any atom is 0.0483 e. The summed E-state index contributed by atoms with van der Waals surface area (Å²) in [7, 11) is 0. The summed E-state index contributed by atoms with van der Waals surface area (Å²) in [6.45, 7) is 5.58. The summed E-state index contributed by atoms with van der Waals surface area (Å²) < 4.78 is 0. The molecule has 1 saturated carbocycles. The Morgan fingerprint density at radius 2 is 1.20 bits per heavy atom. The minimum Gasteiger partial charge on any atom is -0.394 e. The Kier molecular flexibility index (Phi) is 8.71. The van der Waals surface area contributed by atoms with Crippen LogP contribution in [0.25, 0.3) is 0 Å². The van der Waals surface area contributed by atoms with Gasteiger partial charge >= 0.3 is 0 Å². The summed E-state index contributed by atoms with van der Waals surface area (Å²) in [6, 6.07) is 22.6. The SMILES string of the molecule is CC(C)O.c1ccc(CN(Cc2ccccc2)C2CCCCC2)cc1. The molecule has 0 atom stereocenters. The van der Waals surface area contributed by atoms with E-state index in [0.29, 0.717) is 0 Å². The molecule has 2 heteroatoms. The molecule has 0 amide bonds. The second-order valence-electron chi connectivity index (χ2n) is 7.26. The molecule has 2 nitrogen and oxygen atoms in total. The number of benzene rings is 2. The molecule has 0 spiro atoms. The van der Waals surface area contributed by atoms with E-state index in [-0.39, 0.29) is 6.10 Å². The van der Waals surface area contributed by atoms with E-state index in [2.05, 4.69) is 65.6 Å². The highest BCUT2D eigenvalue weighted by Crippen LogP contribution is 2.25. The highest BCUT2D eigenvalue weighted by molar-refractivity contribution is 5.17. The van der Waals surface area contributed by atoms with Crippen LogP contribution in [0.15, 0.2) is 60.7 Å². The predicted octanol–water partition coefficient (Wildman–Crippen LogP) is 5.41. The van der Waals surface area contributed by atoms with Crippen molar-refractivity contribution in [1.82, 2.24) is 4.90 Å². The molecular formula is C23H33NO. The number of aliphatic hydroxyl groups is 1. The van der Waals surface area contributed by atoms with Crippen molar-refractivity contribution in [2.24, 2.45) is 0 Å². The largest absolute Gasteiger partial charge is 0.394 e. The Hall–Kier alpha value is -1.64. The van der Waals surface area contributed by atoms with Gasteiger partial charge in [0.25, 0.3) is 0 Å². The first-order valence-corrected chi connectivity index (χ1v) is 9.65. The predicted molar refractivity (Wildman–Crippen MR) is 106 cm³/mol. The highest BCUT2D eigenvalue weighted by Gasteiger charge is 2.21. The Bertz CT molecular complexity index is 517. The summed E-state index contributed by atoms with van der Waals surface area (Å²) in [5.41, 5.74) is 2.86. The average Bonchev–Trinajstić information content (AvgIpc) is 2.63. The van der Waals surface area contributed by atoms with Crippen LogP contribution < -0.4 is 0 Å². The topological polar surface area (TPSA) is 23.5 Å². The van der Waals surface area contributed by atoms with E-state index in [1.807, 2.05) is 0 Å². The highest BCUT2D eigenvalue weighted by atomic mass is 16.3. The first-order chi connectivity index (χ1) is 12.1. The van der Waals surface area contributed by atoms with Gasteiger partial charge in [-0.3, -0.25) is 4.90 Å². The van der Waals surface area contributed by atoms with Crippen molar-refractivity contribution in [1.29, 1.82) is 0 Å². The first kappa shape index (κ1) is 19.7. The Balaban J connectivity index is 0.000000511. The fourth-order valence-electron chi connectivity index (χ4n) is 3.40. The monoisotopic (exact) mass is 339 g/mol. The van der Waals surface area contributed by atoms with Crippen molar-refractivity contribution in [2.75, 3.05) is 0 Å². The van der Waals surface area contributed by atoms with Crippen LogP contribution in [0.4, 0.5) is 0 Å². The molecule has 0 aliphatic heterocycles. The minimum absolute atomic E-state index is 0.167. The smallest absolute Gasteiger partial charge is 0.0483 e. The number of rotatable bonds is 5. The van der Waals surface area contributed by atoms with Crippen molar-refractivity contribution in [2.45, 2.75) is 71.2 Å². The van der Waals surface area contributed by atoms with Gasteiger partial charge in [0.15, 0.2) is 0 Å². The summed E-state index contributed by atoms with van der Waals surface area (Å²) in [5, 5.41) is 8.06. The number of hydrogen-bond donors (Lipinski definition) is 1. The maximum atomic E-state index is 8.06. The van der Waals surface area contributed by atoms with Gasteiger partial charge in [0.05, 0.1) is 0 Å². The van der Waals surface area contributed by atoms with E-state index in [0.717, 1.165) is 19.1 Å². The lowest BCUT2D eigenvalue weighted by Gasteiger charge is -2.34. The maximum absolute atomic E-state index is 8.06. The van der Waals surface area contributed by atoms with Gasteiger partial charge in [0.1, 0.15) is 0 Å². The lowest BCUT2D eigenvalue weighted by Crippen LogP contribution is -2.35. The van der Waals surface area contributed by atoms with E-state index in [4.69, 9.17) is 5.11 Å². The zero-order valence-corrected chi connectivity index (χ0v) is 15.8. The summed E-state index contributed by atoms with van der Waals surface area (Å²) in [5.74, 6) is 0. The molecule has 0 bridgehead atoms. The van der Waals surface area contributed by atoms with Crippen molar-refractivity contribution in [3.63, 3.8) is 0 Å². The fourth-order valence-corrected chi connectivity index (χ4v) is 3.40. The zero-order valence-electron chi connectivity index (χ0n) is 15.8. The Morgan fingerprint density at radius 1 is 0.800 bits per heavy atom. The number of aliphatic hydroxyl groups excluding tert-OH is 1. The molecule has 0 aromatic heterocycles. The van der Waals surface area contributed by atoms with Gasteiger partial charge in [-0.25, -0.2) is 0 Å². The van der Waals surface area contributed by atoms with E-state index in [9.17, 15) is 0 Å². The van der Waals surface area contributed by atoms with Crippen molar-refractivity contribution in [3.8, 4) is 0 Å². The van der Waals surface area contributed by atoms with Crippen molar-refractivity contribution >= 4 is 0 Å². The van der Waals surface area contributed by atoms with Crippen LogP contribution in [-0.4, -0.2) is 22.2 Å². The Labute approximate surface area is 153 Å². The molecule has 1 aliphatic rings. The first-order valence-electron chi connectivity index (χ1n) is 9.65. The lowest BCUT2D eigenvalue weighted by atomic mass is 9.93. The van der Waals surface area contributed by atoms with Gasteiger partial charge in [-0.1, -0.05) is 79.9 Å². The van der Waals surface area contributed by atoms with Gasteiger partial charge in [0.2, 0.25) is 0 Å². The molecule has 3 rings (SSSR count). The van der Waals surface area contributed by atoms with Crippen LogP contribution in [0.5, 0.6) is 0 Å². The van der Waals surface area contributed by atoms with Crippen LogP contribution in [0.2, 0.25) is 0 Å². The molecule has 1 fully saturated rings. The fraction of sp³-hybridized carbons (Fsp3) is 0.478. The van der Waals surface area contributed by atoms with Gasteiger partial charge in [-0.05, 0) is 37.8 Å². The third-order valence-corrected chi connectivity index (χ3v) is 4.55. The van der Waals surface area contributed by atoms with E-state index in [1.54, 1.807) is 13.8 Å². The van der Waals surface area contributed by atoms with Crippen LogP contribution >= 0.6 is 0 Å². The molecule has 136 valence electrons. The minimum atomic E-state index is -0.167. The van der Waals surface area contributed by atoms with Gasteiger partial charge < -0.3 is 5.11 Å². The molecule has 0 heterocycles. The quantitative estimate of drug-likeness (QED) is 0.787. The molecule has 2 aromatic carbocycles. The van der Waals surface area contributed by atoms with Crippen LogP contribution in [0, 0.1) is 0 Å². The van der Waals surface area contributed by atoms with Crippen LogP contribution in [0.1, 0.15) is 57.1 Å². The number of hydrogen-bond acceptors (Lipinski definition) is 2. The summed E-state index contributed by atoms with van der Waals surface area (Å²) in [4.78, 5) is 2.68. The molecule has 0 radical (unpaired) electrons. The zero-order chi connectivity index (χ0) is 17.9.